The van der Waals surface area contributed by atoms with E-state index in [4.69, 9.17) is 0 Å². The number of aryl methyl sites for hydroxylation is 1. The summed E-state index contributed by atoms with van der Waals surface area (Å²) in [4.78, 5) is 33.6. The third-order valence-electron chi connectivity index (χ3n) is 5.77. The fraction of sp³-hybridized carbons (Fsp3) is 0.450. The zero-order valence-electron chi connectivity index (χ0n) is 16.1. The average Bonchev–Trinajstić information content (AvgIpc) is 3.42. The number of carbonyl (C=O) groups is 2. The Balaban J connectivity index is 1.38. The number of dihydropyridines is 1. The van der Waals surface area contributed by atoms with Crippen molar-refractivity contribution in [2.45, 2.75) is 44.3 Å². The number of pyridine rings is 1. The molecule has 2 atom stereocenters. The van der Waals surface area contributed by atoms with Crippen LogP contribution in [0, 0.1) is 12.7 Å². The minimum absolute atomic E-state index is 0.00133. The summed E-state index contributed by atoms with van der Waals surface area (Å²) < 4.78 is 13.5. The standard InChI is InChI=1S/C20H23FN6O2/c1-11-14(21)4-7-17(22-11)25-20(29)27-13-8-9-26(10-13)16-6-5-15(24-18(16)27)19(28)23-12-2-3-12/h4-7,12-13,15,24H,2-3,8-10H2,1H3,(H,23,28)(H,22,25,29)/t13-,15?/m0/s1. The van der Waals surface area contributed by atoms with Crippen LogP contribution >= 0.6 is 0 Å². The average molecular weight is 398 g/mol. The van der Waals surface area contributed by atoms with E-state index in [0.717, 1.165) is 38.0 Å². The van der Waals surface area contributed by atoms with Crippen LogP contribution in [0.4, 0.5) is 15.0 Å². The molecule has 1 saturated carbocycles. The van der Waals surface area contributed by atoms with E-state index in [-0.39, 0.29) is 29.7 Å². The third-order valence-corrected chi connectivity index (χ3v) is 5.77. The van der Waals surface area contributed by atoms with Crippen molar-refractivity contribution in [3.63, 3.8) is 0 Å². The highest BCUT2D eigenvalue weighted by molar-refractivity contribution is 5.91. The van der Waals surface area contributed by atoms with Crippen molar-refractivity contribution in [1.82, 2.24) is 25.4 Å². The molecule has 2 fully saturated rings. The number of amides is 3. The Morgan fingerprint density at radius 1 is 1.28 bits per heavy atom. The maximum absolute atomic E-state index is 13.5. The summed E-state index contributed by atoms with van der Waals surface area (Å²) in [6.07, 6.45) is 6.64. The zero-order valence-corrected chi connectivity index (χ0v) is 16.1. The van der Waals surface area contributed by atoms with Crippen molar-refractivity contribution < 1.29 is 14.0 Å². The molecule has 29 heavy (non-hydrogen) atoms. The number of aromatic nitrogens is 1. The van der Waals surface area contributed by atoms with Crippen molar-refractivity contribution in [2.24, 2.45) is 0 Å². The summed E-state index contributed by atoms with van der Waals surface area (Å²) in [5, 5.41) is 9.02. The Hall–Kier alpha value is -3.10. The molecular weight excluding hydrogens is 375 g/mol. The fourth-order valence-corrected chi connectivity index (χ4v) is 4.06. The number of nitrogens with zero attached hydrogens (tertiary/aromatic N) is 3. The van der Waals surface area contributed by atoms with Gasteiger partial charge in [-0.1, -0.05) is 6.08 Å². The van der Waals surface area contributed by atoms with Crippen LogP contribution in [-0.2, 0) is 4.79 Å². The second kappa shape index (κ2) is 6.75. The van der Waals surface area contributed by atoms with Crippen LogP contribution in [0.25, 0.3) is 0 Å². The summed E-state index contributed by atoms with van der Waals surface area (Å²) in [7, 11) is 0. The first-order valence-electron chi connectivity index (χ1n) is 9.97. The Labute approximate surface area is 167 Å². The van der Waals surface area contributed by atoms with Gasteiger partial charge in [0.15, 0.2) is 0 Å². The van der Waals surface area contributed by atoms with Gasteiger partial charge < -0.3 is 15.5 Å². The molecule has 1 saturated heterocycles. The number of hydrogen-bond donors (Lipinski definition) is 3. The number of fused-ring (bicyclic) bond motifs is 3. The molecule has 4 heterocycles. The smallest absolute Gasteiger partial charge is 0.328 e. The number of anilines is 1. The maximum Gasteiger partial charge on any atom is 0.328 e. The van der Waals surface area contributed by atoms with E-state index < -0.39 is 11.9 Å². The molecule has 1 aromatic rings. The molecule has 5 rings (SSSR count). The second-order valence-corrected chi connectivity index (χ2v) is 7.95. The Morgan fingerprint density at radius 3 is 2.86 bits per heavy atom. The number of urea groups is 1. The Morgan fingerprint density at radius 2 is 2.10 bits per heavy atom. The minimum atomic E-state index is -0.519. The van der Waals surface area contributed by atoms with E-state index >= 15 is 0 Å². The summed E-state index contributed by atoms with van der Waals surface area (Å²) in [6, 6.07) is 2.14. The van der Waals surface area contributed by atoms with Crippen molar-refractivity contribution in [1.29, 1.82) is 0 Å². The molecule has 152 valence electrons. The van der Waals surface area contributed by atoms with Gasteiger partial charge in [0, 0.05) is 19.1 Å². The van der Waals surface area contributed by atoms with Gasteiger partial charge >= 0.3 is 6.03 Å². The van der Waals surface area contributed by atoms with E-state index in [1.807, 2.05) is 12.2 Å². The topological polar surface area (TPSA) is 89.6 Å². The lowest BCUT2D eigenvalue weighted by Crippen LogP contribution is -2.56. The zero-order chi connectivity index (χ0) is 20.1. The molecule has 9 heteroatoms. The Kier molecular flexibility index (Phi) is 4.18. The van der Waals surface area contributed by atoms with Gasteiger partial charge in [-0.25, -0.2) is 14.2 Å². The molecule has 3 amide bonds. The van der Waals surface area contributed by atoms with Crippen LogP contribution in [0.5, 0.6) is 0 Å². The Bertz CT molecular complexity index is 941. The maximum atomic E-state index is 13.5. The molecule has 0 spiro atoms. The van der Waals surface area contributed by atoms with Crippen LogP contribution in [0.2, 0.25) is 0 Å². The third kappa shape index (κ3) is 3.30. The van der Waals surface area contributed by atoms with Crippen molar-refractivity contribution in [3.05, 3.63) is 47.3 Å². The molecule has 3 aliphatic heterocycles. The van der Waals surface area contributed by atoms with Gasteiger partial charge in [0.05, 0.1) is 17.4 Å². The monoisotopic (exact) mass is 398 g/mol. The molecule has 8 nitrogen and oxygen atoms in total. The van der Waals surface area contributed by atoms with Gasteiger partial charge in [-0.2, -0.15) is 0 Å². The number of halogens is 1. The van der Waals surface area contributed by atoms with Crippen LogP contribution in [-0.4, -0.2) is 57.9 Å². The molecule has 0 aromatic carbocycles. The largest absolute Gasteiger partial charge is 0.366 e. The van der Waals surface area contributed by atoms with E-state index in [9.17, 15) is 14.0 Å². The summed E-state index contributed by atoms with van der Waals surface area (Å²) >= 11 is 0. The van der Waals surface area contributed by atoms with E-state index in [1.54, 1.807) is 11.8 Å². The van der Waals surface area contributed by atoms with Crippen molar-refractivity contribution >= 4 is 17.8 Å². The molecule has 0 radical (unpaired) electrons. The highest BCUT2D eigenvalue weighted by Crippen LogP contribution is 2.33. The molecule has 2 bridgehead atoms. The molecule has 1 aromatic heterocycles. The lowest BCUT2D eigenvalue weighted by molar-refractivity contribution is -0.122. The second-order valence-electron chi connectivity index (χ2n) is 7.95. The first kappa shape index (κ1) is 18.0. The molecule has 3 N–H and O–H groups in total. The predicted molar refractivity (Wildman–Crippen MR) is 104 cm³/mol. The van der Waals surface area contributed by atoms with Crippen LogP contribution in [0.1, 0.15) is 25.0 Å². The van der Waals surface area contributed by atoms with Gasteiger partial charge in [-0.05, 0) is 44.4 Å². The summed E-state index contributed by atoms with van der Waals surface area (Å²) in [6.45, 7) is 3.15. The summed E-state index contributed by atoms with van der Waals surface area (Å²) in [5.41, 5.74) is 1.14. The fourth-order valence-electron chi connectivity index (χ4n) is 4.06. The summed E-state index contributed by atoms with van der Waals surface area (Å²) in [5.74, 6) is 0.430. The van der Waals surface area contributed by atoms with Crippen LogP contribution in [0.15, 0.2) is 35.8 Å². The van der Waals surface area contributed by atoms with Crippen LogP contribution in [0.3, 0.4) is 0 Å². The number of hydrogen-bond acceptors (Lipinski definition) is 5. The molecular formula is C20H23FN6O2. The van der Waals surface area contributed by atoms with Gasteiger partial charge in [-0.15, -0.1) is 0 Å². The van der Waals surface area contributed by atoms with Gasteiger partial charge in [0.1, 0.15) is 23.5 Å². The van der Waals surface area contributed by atoms with E-state index in [2.05, 4.69) is 25.8 Å². The quantitative estimate of drug-likeness (QED) is 0.717. The first-order chi connectivity index (χ1) is 14.0. The minimum Gasteiger partial charge on any atom is -0.366 e. The highest BCUT2D eigenvalue weighted by Gasteiger charge is 2.43. The molecule has 1 unspecified atom stereocenters. The lowest BCUT2D eigenvalue weighted by Gasteiger charge is -2.40. The van der Waals surface area contributed by atoms with Gasteiger partial charge in [-0.3, -0.25) is 15.0 Å². The first-order valence-corrected chi connectivity index (χ1v) is 9.97. The van der Waals surface area contributed by atoms with Crippen molar-refractivity contribution in [2.75, 3.05) is 18.4 Å². The van der Waals surface area contributed by atoms with Crippen LogP contribution < -0.4 is 16.0 Å². The highest BCUT2D eigenvalue weighted by atomic mass is 19.1. The number of carbonyl (C=O) groups excluding carboxylic acids is 2. The van der Waals surface area contributed by atoms with Gasteiger partial charge in [0.2, 0.25) is 5.91 Å². The lowest BCUT2D eigenvalue weighted by atomic mass is 10.1. The predicted octanol–water partition coefficient (Wildman–Crippen LogP) is 1.43. The number of allylic oxidation sites excluding steroid dienone is 1. The number of nitrogens with one attached hydrogen (secondary N) is 3. The molecule has 4 aliphatic rings. The van der Waals surface area contributed by atoms with Gasteiger partial charge in [0.25, 0.3) is 0 Å². The number of rotatable bonds is 3. The van der Waals surface area contributed by atoms with E-state index in [0.29, 0.717) is 11.6 Å². The SMILES string of the molecule is Cc1nc(NC(=O)N2C3=C(C=CC(C(=O)NC4CC4)N3)N3CC[C@H]2C3)ccc1F. The normalized spacial score (nSPS) is 24.9. The molecule has 1 aliphatic carbocycles. The van der Waals surface area contributed by atoms with E-state index in [1.165, 1.54) is 12.1 Å². The van der Waals surface area contributed by atoms with Crippen molar-refractivity contribution in [3.8, 4) is 0 Å².